The van der Waals surface area contributed by atoms with Crippen molar-refractivity contribution in [2.24, 2.45) is 0 Å². The van der Waals surface area contributed by atoms with Crippen LogP contribution in [-0.4, -0.2) is 30.3 Å². The van der Waals surface area contributed by atoms with Crippen molar-refractivity contribution in [3.63, 3.8) is 0 Å². The number of ether oxygens (including phenoxy) is 2. The van der Waals surface area contributed by atoms with Crippen LogP contribution >= 0.6 is 0 Å². The number of benzene rings is 1. The van der Waals surface area contributed by atoms with Gasteiger partial charge in [-0.2, -0.15) is 0 Å². The van der Waals surface area contributed by atoms with E-state index in [1.165, 1.54) is 12.5 Å². The van der Waals surface area contributed by atoms with Gasteiger partial charge in [0.1, 0.15) is 0 Å². The van der Waals surface area contributed by atoms with Gasteiger partial charge in [0.05, 0.1) is 18.6 Å². The Morgan fingerprint density at radius 3 is 2.71 bits per heavy atom. The molecule has 0 radical (unpaired) electrons. The third kappa shape index (κ3) is 3.66. The monoisotopic (exact) mass is 332 g/mol. The largest absolute Gasteiger partial charge is 0.472 e. The first-order valence-electron chi connectivity index (χ1n) is 7.28. The van der Waals surface area contributed by atoms with Crippen molar-refractivity contribution in [2.45, 2.75) is 12.6 Å². The van der Waals surface area contributed by atoms with Crippen LogP contribution in [0.4, 0.5) is 0 Å². The fourth-order valence-corrected chi connectivity index (χ4v) is 2.17. The lowest BCUT2D eigenvalue weighted by molar-refractivity contribution is -0.139. The van der Waals surface area contributed by atoms with E-state index in [1.54, 1.807) is 24.3 Å². The van der Waals surface area contributed by atoms with Gasteiger partial charge in [0.2, 0.25) is 6.79 Å². The average Bonchev–Trinajstić information content (AvgIpc) is 3.27. The summed E-state index contributed by atoms with van der Waals surface area (Å²) >= 11 is 0. The van der Waals surface area contributed by atoms with Gasteiger partial charge in [0.25, 0.3) is 0 Å². The molecule has 1 aliphatic heterocycles. The second kappa shape index (κ2) is 7.05. The van der Waals surface area contributed by atoms with Gasteiger partial charge in [-0.25, -0.2) is 0 Å². The number of nitrogens with one attached hydrogen (secondary N) is 2. The number of amides is 2. The molecule has 2 amide bonds. The molecule has 2 heterocycles. The molecule has 0 fully saturated rings. The van der Waals surface area contributed by atoms with Crippen LogP contribution in [0.5, 0.6) is 11.5 Å². The van der Waals surface area contributed by atoms with E-state index in [2.05, 4.69) is 10.6 Å². The molecule has 0 saturated heterocycles. The summed E-state index contributed by atoms with van der Waals surface area (Å²) in [5.74, 6) is -0.351. The third-order valence-corrected chi connectivity index (χ3v) is 3.48. The zero-order valence-corrected chi connectivity index (χ0v) is 12.7. The number of carbonyl (C=O) groups is 2. The fraction of sp³-hybridized carbons (Fsp3) is 0.250. The molecule has 0 aliphatic carbocycles. The molecule has 0 spiro atoms. The first kappa shape index (κ1) is 15.9. The highest BCUT2D eigenvalue weighted by molar-refractivity contribution is 6.35. The predicted octanol–water partition coefficient (Wildman–Crippen LogP) is 0.474. The van der Waals surface area contributed by atoms with E-state index < -0.39 is 17.9 Å². The Hall–Kier alpha value is -3.00. The lowest BCUT2D eigenvalue weighted by Gasteiger charge is -2.10. The molecule has 24 heavy (non-hydrogen) atoms. The second-order valence-corrected chi connectivity index (χ2v) is 5.15. The van der Waals surface area contributed by atoms with Crippen molar-refractivity contribution in [3.05, 3.63) is 47.9 Å². The summed E-state index contributed by atoms with van der Waals surface area (Å²) in [5, 5.41) is 14.7. The number of fused-ring (bicyclic) bond motifs is 1. The smallest absolute Gasteiger partial charge is 0.309 e. The molecule has 1 aromatic carbocycles. The summed E-state index contributed by atoms with van der Waals surface area (Å²) in [7, 11) is 0. The van der Waals surface area contributed by atoms with Gasteiger partial charge in [0, 0.05) is 18.7 Å². The van der Waals surface area contributed by atoms with Crippen molar-refractivity contribution < 1.29 is 28.6 Å². The molecule has 126 valence electrons. The Bertz CT molecular complexity index is 728. The normalized spacial score (nSPS) is 13.4. The van der Waals surface area contributed by atoms with Crippen LogP contribution in [0.2, 0.25) is 0 Å². The molecular weight excluding hydrogens is 316 g/mol. The maximum Gasteiger partial charge on any atom is 0.309 e. The molecule has 8 heteroatoms. The summed E-state index contributed by atoms with van der Waals surface area (Å²) in [6.45, 7) is 0.259. The predicted molar refractivity (Wildman–Crippen MR) is 81.1 cm³/mol. The lowest BCUT2D eigenvalue weighted by Crippen LogP contribution is -2.41. The maximum atomic E-state index is 11.8. The number of carbonyl (C=O) groups excluding carboxylic acids is 2. The van der Waals surface area contributed by atoms with Crippen molar-refractivity contribution in [2.75, 3.05) is 13.3 Å². The van der Waals surface area contributed by atoms with Gasteiger partial charge in [-0.1, -0.05) is 6.07 Å². The van der Waals surface area contributed by atoms with Crippen LogP contribution in [0.3, 0.4) is 0 Å². The number of hydrogen-bond donors (Lipinski definition) is 3. The molecule has 3 rings (SSSR count). The van der Waals surface area contributed by atoms with Crippen molar-refractivity contribution >= 4 is 11.8 Å². The van der Waals surface area contributed by atoms with E-state index in [0.717, 1.165) is 5.56 Å². The third-order valence-electron chi connectivity index (χ3n) is 3.48. The lowest BCUT2D eigenvalue weighted by atomic mass is 10.2. The maximum absolute atomic E-state index is 11.8. The molecule has 0 bridgehead atoms. The van der Waals surface area contributed by atoms with Gasteiger partial charge in [-0.15, -0.1) is 0 Å². The van der Waals surface area contributed by atoms with Crippen molar-refractivity contribution in [1.82, 2.24) is 10.6 Å². The minimum absolute atomic E-state index is 0.0875. The Morgan fingerprint density at radius 1 is 1.12 bits per heavy atom. The van der Waals surface area contributed by atoms with Crippen LogP contribution in [0.15, 0.2) is 41.2 Å². The number of hydrogen-bond acceptors (Lipinski definition) is 6. The van der Waals surface area contributed by atoms with Crippen LogP contribution in [0.1, 0.15) is 17.2 Å². The van der Waals surface area contributed by atoms with E-state index in [1.807, 2.05) is 0 Å². The Labute approximate surface area is 137 Å². The highest BCUT2D eigenvalue weighted by Crippen LogP contribution is 2.32. The minimum atomic E-state index is -0.936. The average molecular weight is 332 g/mol. The van der Waals surface area contributed by atoms with Crippen molar-refractivity contribution in [1.29, 1.82) is 0 Å². The van der Waals surface area contributed by atoms with Gasteiger partial charge in [0.15, 0.2) is 11.5 Å². The zero-order valence-electron chi connectivity index (χ0n) is 12.7. The zero-order chi connectivity index (χ0) is 16.9. The SMILES string of the molecule is O=C(NCc1ccc2c(c1)OCO2)C(=O)NC[C@H](O)c1ccoc1. The van der Waals surface area contributed by atoms with Gasteiger partial charge in [-0.05, 0) is 23.8 Å². The minimum Gasteiger partial charge on any atom is -0.472 e. The standard InChI is InChI=1S/C16H16N2O6/c19-12(11-3-4-22-8-11)7-18-16(21)15(20)17-6-10-1-2-13-14(5-10)24-9-23-13/h1-5,8,12,19H,6-7,9H2,(H,17,20)(H,18,21)/t12-/m0/s1. The summed E-state index contributed by atoms with van der Waals surface area (Å²) in [6, 6.07) is 6.83. The van der Waals surface area contributed by atoms with Crippen LogP contribution in [-0.2, 0) is 16.1 Å². The molecule has 2 aromatic rings. The van der Waals surface area contributed by atoms with Gasteiger partial charge < -0.3 is 29.6 Å². The van der Waals surface area contributed by atoms with Crippen molar-refractivity contribution in [3.8, 4) is 11.5 Å². The number of aliphatic hydroxyl groups is 1. The highest BCUT2D eigenvalue weighted by Gasteiger charge is 2.17. The Balaban J connectivity index is 1.45. The summed E-state index contributed by atoms with van der Waals surface area (Å²) in [4.78, 5) is 23.5. The number of furan rings is 1. The Morgan fingerprint density at radius 2 is 1.92 bits per heavy atom. The summed E-state index contributed by atoms with van der Waals surface area (Å²) < 4.78 is 15.3. The fourth-order valence-electron chi connectivity index (χ4n) is 2.17. The van der Waals surface area contributed by atoms with E-state index in [-0.39, 0.29) is 19.9 Å². The molecular formula is C16H16N2O6. The number of rotatable bonds is 5. The van der Waals surface area contributed by atoms with E-state index >= 15 is 0 Å². The molecule has 1 aliphatic rings. The number of aliphatic hydroxyl groups excluding tert-OH is 1. The first-order chi connectivity index (χ1) is 11.6. The van der Waals surface area contributed by atoms with Gasteiger partial charge in [-0.3, -0.25) is 9.59 Å². The first-order valence-corrected chi connectivity index (χ1v) is 7.28. The molecule has 1 aromatic heterocycles. The molecule has 1 atom stereocenters. The summed E-state index contributed by atoms with van der Waals surface area (Å²) in [5.41, 5.74) is 1.30. The Kier molecular flexibility index (Phi) is 4.66. The van der Waals surface area contributed by atoms with E-state index in [4.69, 9.17) is 13.9 Å². The topological polar surface area (TPSA) is 110 Å². The molecule has 3 N–H and O–H groups in total. The van der Waals surface area contributed by atoms with Crippen LogP contribution < -0.4 is 20.1 Å². The van der Waals surface area contributed by atoms with Crippen LogP contribution in [0, 0.1) is 0 Å². The highest BCUT2D eigenvalue weighted by atomic mass is 16.7. The van der Waals surface area contributed by atoms with E-state index in [9.17, 15) is 14.7 Å². The molecule has 8 nitrogen and oxygen atoms in total. The molecule has 0 saturated carbocycles. The quantitative estimate of drug-likeness (QED) is 0.687. The van der Waals surface area contributed by atoms with Gasteiger partial charge >= 0.3 is 11.8 Å². The summed E-state index contributed by atoms with van der Waals surface area (Å²) in [6.07, 6.45) is 1.85. The van der Waals surface area contributed by atoms with E-state index in [0.29, 0.717) is 17.1 Å². The second-order valence-electron chi connectivity index (χ2n) is 5.15. The van der Waals surface area contributed by atoms with Crippen LogP contribution in [0.25, 0.3) is 0 Å². The molecule has 0 unspecified atom stereocenters.